The molecule has 0 bridgehead atoms. The van der Waals surface area contributed by atoms with Crippen molar-refractivity contribution in [2.75, 3.05) is 26.2 Å². The number of furan rings is 1. The van der Waals surface area contributed by atoms with Crippen LogP contribution in [-0.4, -0.2) is 51.9 Å². The monoisotopic (exact) mass is 338 g/mol. The van der Waals surface area contributed by atoms with Gasteiger partial charge >= 0.3 is 0 Å². The van der Waals surface area contributed by atoms with E-state index in [-0.39, 0.29) is 11.5 Å². The number of nitrogens with one attached hydrogen (secondary N) is 1. The maximum Gasteiger partial charge on any atom is 0.289 e. The molecule has 3 aromatic rings. The third-order valence-corrected chi connectivity index (χ3v) is 4.43. The predicted octanol–water partition coefficient (Wildman–Crippen LogP) is 1.47. The van der Waals surface area contributed by atoms with Gasteiger partial charge in [-0.1, -0.05) is 12.1 Å². The molecule has 7 heteroatoms. The SMILES string of the molecule is O=C(c1ccco1)N1CCN(Cc2nc3ccccc3c(=O)[nH]2)CC1. The second kappa shape index (κ2) is 6.52. The summed E-state index contributed by atoms with van der Waals surface area (Å²) in [6.07, 6.45) is 1.51. The Hall–Kier alpha value is -2.93. The normalized spacial score (nSPS) is 15.6. The van der Waals surface area contributed by atoms with Crippen LogP contribution in [0.25, 0.3) is 10.9 Å². The molecule has 0 atom stereocenters. The molecule has 0 saturated carbocycles. The van der Waals surface area contributed by atoms with Gasteiger partial charge < -0.3 is 14.3 Å². The summed E-state index contributed by atoms with van der Waals surface area (Å²) < 4.78 is 5.17. The van der Waals surface area contributed by atoms with Crippen LogP contribution in [0.5, 0.6) is 0 Å². The number of H-pyrrole nitrogens is 1. The van der Waals surface area contributed by atoms with E-state index >= 15 is 0 Å². The lowest BCUT2D eigenvalue weighted by Gasteiger charge is -2.33. The molecule has 1 aliphatic rings. The fourth-order valence-electron chi connectivity index (χ4n) is 3.09. The zero-order valence-electron chi connectivity index (χ0n) is 13.6. The van der Waals surface area contributed by atoms with E-state index < -0.39 is 0 Å². The predicted molar refractivity (Wildman–Crippen MR) is 92.3 cm³/mol. The number of fused-ring (bicyclic) bond motifs is 1. The molecule has 0 unspecified atom stereocenters. The lowest BCUT2D eigenvalue weighted by molar-refractivity contribution is 0.0595. The molecule has 0 radical (unpaired) electrons. The molecular weight excluding hydrogens is 320 g/mol. The van der Waals surface area contributed by atoms with Gasteiger partial charge in [-0.25, -0.2) is 4.98 Å². The van der Waals surface area contributed by atoms with Crippen LogP contribution in [0, 0.1) is 0 Å². The third kappa shape index (κ3) is 3.18. The van der Waals surface area contributed by atoms with E-state index in [1.165, 1.54) is 6.26 Å². The average molecular weight is 338 g/mol. The summed E-state index contributed by atoms with van der Waals surface area (Å²) >= 11 is 0. The Kier molecular flexibility index (Phi) is 4.07. The topological polar surface area (TPSA) is 82.4 Å². The zero-order chi connectivity index (χ0) is 17.2. The molecule has 0 spiro atoms. The van der Waals surface area contributed by atoms with Gasteiger partial charge in [-0.15, -0.1) is 0 Å². The molecule has 3 heterocycles. The van der Waals surface area contributed by atoms with Crippen molar-refractivity contribution in [2.24, 2.45) is 0 Å². The molecule has 1 saturated heterocycles. The van der Waals surface area contributed by atoms with Gasteiger partial charge in [0.1, 0.15) is 5.82 Å². The average Bonchev–Trinajstić information content (AvgIpc) is 3.16. The molecular formula is C18H18N4O3. The van der Waals surface area contributed by atoms with E-state index in [9.17, 15) is 9.59 Å². The Morgan fingerprint density at radius 2 is 1.92 bits per heavy atom. The highest BCUT2D eigenvalue weighted by atomic mass is 16.3. The summed E-state index contributed by atoms with van der Waals surface area (Å²) in [5.41, 5.74) is 0.583. The number of carbonyl (C=O) groups excluding carboxylic acids is 1. The molecule has 0 aliphatic carbocycles. The minimum absolute atomic E-state index is 0.0816. The molecule has 4 rings (SSSR count). The van der Waals surface area contributed by atoms with E-state index in [1.54, 1.807) is 23.1 Å². The lowest BCUT2D eigenvalue weighted by Crippen LogP contribution is -2.48. The smallest absolute Gasteiger partial charge is 0.289 e. The van der Waals surface area contributed by atoms with Crippen molar-refractivity contribution in [3.63, 3.8) is 0 Å². The molecule has 1 amide bonds. The molecule has 1 aromatic carbocycles. The van der Waals surface area contributed by atoms with Crippen LogP contribution in [-0.2, 0) is 6.54 Å². The summed E-state index contributed by atoms with van der Waals surface area (Å²) in [6, 6.07) is 10.7. The van der Waals surface area contributed by atoms with Gasteiger partial charge in [0.15, 0.2) is 5.76 Å². The van der Waals surface area contributed by atoms with Gasteiger partial charge in [0.25, 0.3) is 11.5 Å². The standard InChI is InChI=1S/C18H18N4O3/c23-17-13-4-1-2-5-14(13)19-16(20-17)12-21-7-9-22(10-8-21)18(24)15-6-3-11-25-15/h1-6,11H,7-10,12H2,(H,19,20,23). The van der Waals surface area contributed by atoms with Crippen molar-refractivity contribution in [2.45, 2.75) is 6.54 Å². The van der Waals surface area contributed by atoms with Crippen molar-refractivity contribution < 1.29 is 9.21 Å². The first-order valence-corrected chi connectivity index (χ1v) is 8.24. The maximum absolute atomic E-state index is 12.3. The van der Waals surface area contributed by atoms with E-state index in [1.807, 2.05) is 18.2 Å². The lowest BCUT2D eigenvalue weighted by atomic mass is 10.2. The van der Waals surface area contributed by atoms with Crippen LogP contribution in [0.2, 0.25) is 0 Å². The molecule has 1 aliphatic heterocycles. The summed E-state index contributed by atoms with van der Waals surface area (Å²) in [6.45, 7) is 3.25. The van der Waals surface area contributed by atoms with Crippen molar-refractivity contribution in [1.29, 1.82) is 0 Å². The molecule has 2 aromatic heterocycles. The number of piperazine rings is 1. The van der Waals surface area contributed by atoms with Crippen molar-refractivity contribution >= 4 is 16.8 Å². The van der Waals surface area contributed by atoms with Crippen molar-refractivity contribution in [1.82, 2.24) is 19.8 Å². The van der Waals surface area contributed by atoms with Crippen LogP contribution in [0.3, 0.4) is 0 Å². The number of benzene rings is 1. The Labute approximate surface area is 143 Å². The Bertz CT molecular complexity index is 940. The largest absolute Gasteiger partial charge is 0.459 e. The fraction of sp³-hybridized carbons (Fsp3) is 0.278. The summed E-state index contributed by atoms with van der Waals surface area (Å²) in [5, 5.41) is 0.597. The van der Waals surface area contributed by atoms with Crippen LogP contribution < -0.4 is 5.56 Å². The number of hydrogen-bond acceptors (Lipinski definition) is 5. The van der Waals surface area contributed by atoms with E-state index in [2.05, 4.69) is 14.9 Å². The first kappa shape index (κ1) is 15.6. The van der Waals surface area contributed by atoms with Crippen molar-refractivity contribution in [3.05, 3.63) is 64.6 Å². The second-order valence-corrected chi connectivity index (χ2v) is 6.08. The highest BCUT2D eigenvalue weighted by molar-refractivity contribution is 5.91. The number of para-hydroxylation sites is 1. The third-order valence-electron chi connectivity index (χ3n) is 4.43. The first-order valence-electron chi connectivity index (χ1n) is 8.24. The van der Waals surface area contributed by atoms with Crippen LogP contribution in [0.4, 0.5) is 0 Å². The minimum atomic E-state index is -0.118. The number of hydrogen-bond donors (Lipinski definition) is 1. The van der Waals surface area contributed by atoms with Gasteiger partial charge in [0.05, 0.1) is 23.7 Å². The second-order valence-electron chi connectivity index (χ2n) is 6.08. The van der Waals surface area contributed by atoms with E-state index in [0.29, 0.717) is 42.1 Å². The molecule has 25 heavy (non-hydrogen) atoms. The fourth-order valence-corrected chi connectivity index (χ4v) is 3.09. The summed E-state index contributed by atoms with van der Waals surface area (Å²) in [7, 11) is 0. The number of rotatable bonds is 3. The Morgan fingerprint density at radius 3 is 2.68 bits per heavy atom. The van der Waals surface area contributed by atoms with Gasteiger partial charge in [0, 0.05) is 26.2 Å². The van der Waals surface area contributed by atoms with Gasteiger partial charge in [-0.2, -0.15) is 0 Å². The van der Waals surface area contributed by atoms with Gasteiger partial charge in [0.2, 0.25) is 0 Å². The summed E-state index contributed by atoms with van der Waals surface area (Å²) in [4.78, 5) is 35.8. The molecule has 1 N–H and O–H groups in total. The van der Waals surface area contributed by atoms with E-state index in [0.717, 1.165) is 13.1 Å². The number of carbonyl (C=O) groups is 1. The first-order chi connectivity index (χ1) is 12.2. The molecule has 7 nitrogen and oxygen atoms in total. The van der Waals surface area contributed by atoms with Crippen LogP contribution >= 0.6 is 0 Å². The zero-order valence-corrected chi connectivity index (χ0v) is 13.6. The van der Waals surface area contributed by atoms with Crippen molar-refractivity contribution in [3.8, 4) is 0 Å². The highest BCUT2D eigenvalue weighted by Crippen LogP contribution is 2.12. The number of nitrogens with zero attached hydrogens (tertiary/aromatic N) is 3. The summed E-state index contributed by atoms with van der Waals surface area (Å²) in [5.74, 6) is 0.936. The maximum atomic E-state index is 12.3. The van der Waals surface area contributed by atoms with Crippen LogP contribution in [0.15, 0.2) is 51.9 Å². The quantitative estimate of drug-likeness (QED) is 0.782. The van der Waals surface area contributed by atoms with Gasteiger partial charge in [-0.05, 0) is 24.3 Å². The molecule has 1 fully saturated rings. The van der Waals surface area contributed by atoms with Gasteiger partial charge in [-0.3, -0.25) is 14.5 Å². The highest BCUT2D eigenvalue weighted by Gasteiger charge is 2.24. The number of aromatic amines is 1. The Morgan fingerprint density at radius 1 is 1.12 bits per heavy atom. The van der Waals surface area contributed by atoms with E-state index in [4.69, 9.17) is 4.42 Å². The number of amides is 1. The number of aromatic nitrogens is 2. The Balaban J connectivity index is 1.42. The molecule has 128 valence electrons. The van der Waals surface area contributed by atoms with Crippen LogP contribution in [0.1, 0.15) is 16.4 Å². The minimum Gasteiger partial charge on any atom is -0.459 e.